The molecule has 1 N–H and O–H groups in total. The summed E-state index contributed by atoms with van der Waals surface area (Å²) in [6.07, 6.45) is 3.12. The molecule has 84 valence electrons. The van der Waals surface area contributed by atoms with E-state index in [1.807, 2.05) is 25.0 Å². The van der Waals surface area contributed by atoms with E-state index in [4.69, 9.17) is 0 Å². The highest BCUT2D eigenvalue weighted by molar-refractivity contribution is 5.06. The van der Waals surface area contributed by atoms with Gasteiger partial charge in [0.15, 0.2) is 0 Å². The third-order valence-electron chi connectivity index (χ3n) is 3.46. The minimum absolute atomic E-state index is 0.468. The van der Waals surface area contributed by atoms with Gasteiger partial charge in [0.25, 0.3) is 0 Å². The van der Waals surface area contributed by atoms with Crippen molar-refractivity contribution in [3.8, 4) is 0 Å². The summed E-state index contributed by atoms with van der Waals surface area (Å²) in [5.41, 5.74) is 1.30. The second kappa shape index (κ2) is 4.33. The van der Waals surface area contributed by atoms with Crippen LogP contribution in [0.5, 0.6) is 0 Å². The minimum atomic E-state index is 0.468. The average Bonchev–Trinajstić information content (AvgIpc) is 2.84. The summed E-state index contributed by atoms with van der Waals surface area (Å²) in [5.74, 6) is 0. The van der Waals surface area contributed by atoms with Gasteiger partial charge < -0.3 is 5.32 Å². The molecular weight excluding hydrogens is 188 g/mol. The number of nitrogens with zero attached hydrogens (tertiary/aromatic N) is 3. The number of likely N-dealkylation sites (N-methyl/N-ethyl adjacent to an activating group) is 1. The van der Waals surface area contributed by atoms with Crippen LogP contribution in [0.2, 0.25) is 0 Å². The second-order valence-electron chi connectivity index (χ2n) is 4.32. The van der Waals surface area contributed by atoms with Gasteiger partial charge in [0.2, 0.25) is 0 Å². The van der Waals surface area contributed by atoms with Crippen molar-refractivity contribution < 1.29 is 0 Å². The lowest BCUT2D eigenvalue weighted by Crippen LogP contribution is -2.31. The van der Waals surface area contributed by atoms with E-state index in [-0.39, 0.29) is 0 Å². The Bertz CT molecular complexity index is 320. The average molecular weight is 208 g/mol. The van der Waals surface area contributed by atoms with Crippen molar-refractivity contribution in [3.05, 3.63) is 18.0 Å². The molecule has 0 aliphatic carbocycles. The Labute approximate surface area is 91.3 Å². The van der Waals surface area contributed by atoms with Gasteiger partial charge in [-0.15, -0.1) is 0 Å². The molecule has 1 aromatic heterocycles. The summed E-state index contributed by atoms with van der Waals surface area (Å²) in [6.45, 7) is 4.58. The van der Waals surface area contributed by atoms with Crippen LogP contribution in [0.4, 0.5) is 0 Å². The number of aromatic nitrogens is 2. The highest BCUT2D eigenvalue weighted by Gasteiger charge is 2.26. The summed E-state index contributed by atoms with van der Waals surface area (Å²) >= 11 is 0. The van der Waals surface area contributed by atoms with Crippen LogP contribution in [0, 0.1) is 0 Å². The lowest BCUT2D eigenvalue weighted by Gasteiger charge is -2.24. The molecule has 2 atom stereocenters. The van der Waals surface area contributed by atoms with Crippen LogP contribution >= 0.6 is 0 Å². The monoisotopic (exact) mass is 208 g/mol. The summed E-state index contributed by atoms with van der Waals surface area (Å²) in [4.78, 5) is 2.51. The van der Waals surface area contributed by atoms with E-state index in [0.717, 1.165) is 6.54 Å². The van der Waals surface area contributed by atoms with Gasteiger partial charge in [-0.25, -0.2) is 0 Å². The van der Waals surface area contributed by atoms with Crippen LogP contribution < -0.4 is 5.32 Å². The van der Waals surface area contributed by atoms with Crippen LogP contribution in [0.3, 0.4) is 0 Å². The first-order valence-corrected chi connectivity index (χ1v) is 5.61. The number of aryl methyl sites for hydroxylation is 1. The first-order chi connectivity index (χ1) is 7.22. The predicted octanol–water partition coefficient (Wildman–Crippen LogP) is 0.775. The third kappa shape index (κ3) is 2.06. The number of hydrogen-bond donors (Lipinski definition) is 1. The van der Waals surface area contributed by atoms with Crippen LogP contribution in [-0.4, -0.2) is 40.9 Å². The van der Waals surface area contributed by atoms with Crippen molar-refractivity contribution in [2.75, 3.05) is 20.1 Å². The van der Waals surface area contributed by atoms with E-state index in [0.29, 0.717) is 12.1 Å². The zero-order chi connectivity index (χ0) is 10.8. The Morgan fingerprint density at radius 1 is 1.60 bits per heavy atom. The maximum Gasteiger partial charge on any atom is 0.0549 e. The van der Waals surface area contributed by atoms with Crippen LogP contribution in [-0.2, 0) is 7.05 Å². The molecule has 0 bridgehead atoms. The molecule has 15 heavy (non-hydrogen) atoms. The van der Waals surface area contributed by atoms with Gasteiger partial charge in [0.1, 0.15) is 0 Å². The van der Waals surface area contributed by atoms with Crippen molar-refractivity contribution in [3.63, 3.8) is 0 Å². The molecule has 1 fully saturated rings. The fourth-order valence-corrected chi connectivity index (χ4v) is 2.36. The molecule has 4 heteroatoms. The molecule has 2 unspecified atom stereocenters. The lowest BCUT2D eigenvalue weighted by molar-refractivity contribution is 0.247. The van der Waals surface area contributed by atoms with Gasteiger partial charge in [-0.05, 0) is 26.5 Å². The Hall–Kier alpha value is -0.870. The lowest BCUT2D eigenvalue weighted by atomic mass is 10.2. The smallest absolute Gasteiger partial charge is 0.0549 e. The topological polar surface area (TPSA) is 33.1 Å². The fraction of sp³-hybridized carbons (Fsp3) is 0.727. The largest absolute Gasteiger partial charge is 0.316 e. The van der Waals surface area contributed by atoms with Gasteiger partial charge in [-0.1, -0.05) is 0 Å². The number of nitrogens with one attached hydrogen (secondary N) is 1. The van der Waals surface area contributed by atoms with Crippen molar-refractivity contribution >= 4 is 0 Å². The highest BCUT2D eigenvalue weighted by Crippen LogP contribution is 2.23. The van der Waals surface area contributed by atoms with E-state index < -0.39 is 0 Å². The standard InChI is InChI=1S/C11H20N4/c1-9(11-4-6-13-14(11)3)15-7-5-10(8-15)12-2/h4,6,9-10,12H,5,7-8H2,1-3H3. The van der Waals surface area contributed by atoms with Crippen molar-refractivity contribution in [2.24, 2.45) is 7.05 Å². The molecule has 1 aromatic rings. The SMILES string of the molecule is CNC1CCN(C(C)c2ccnn2C)C1. The molecule has 1 aliphatic heterocycles. The number of rotatable bonds is 3. The third-order valence-corrected chi connectivity index (χ3v) is 3.46. The number of likely N-dealkylation sites (tertiary alicyclic amines) is 1. The molecule has 2 rings (SSSR count). The van der Waals surface area contributed by atoms with E-state index in [2.05, 4.69) is 28.3 Å². The second-order valence-corrected chi connectivity index (χ2v) is 4.32. The molecule has 0 radical (unpaired) electrons. The summed E-state index contributed by atoms with van der Waals surface area (Å²) in [5, 5.41) is 7.57. The Morgan fingerprint density at radius 2 is 2.40 bits per heavy atom. The number of hydrogen-bond acceptors (Lipinski definition) is 3. The molecule has 1 aliphatic rings. The van der Waals surface area contributed by atoms with Gasteiger partial charge in [0, 0.05) is 38.4 Å². The highest BCUT2D eigenvalue weighted by atomic mass is 15.3. The zero-order valence-electron chi connectivity index (χ0n) is 9.77. The Balaban J connectivity index is 2.03. The maximum atomic E-state index is 4.22. The molecular formula is C11H20N4. The molecule has 0 amide bonds. The van der Waals surface area contributed by atoms with Gasteiger partial charge in [-0.3, -0.25) is 9.58 Å². The normalized spacial score (nSPS) is 24.6. The molecule has 0 spiro atoms. The summed E-state index contributed by atoms with van der Waals surface area (Å²) < 4.78 is 1.97. The first kappa shape index (κ1) is 10.6. The molecule has 0 aromatic carbocycles. The van der Waals surface area contributed by atoms with E-state index in [1.165, 1.54) is 18.7 Å². The molecule has 4 nitrogen and oxygen atoms in total. The minimum Gasteiger partial charge on any atom is -0.316 e. The van der Waals surface area contributed by atoms with E-state index >= 15 is 0 Å². The van der Waals surface area contributed by atoms with E-state index in [1.54, 1.807) is 0 Å². The maximum absolute atomic E-state index is 4.22. The van der Waals surface area contributed by atoms with Gasteiger partial charge in [-0.2, -0.15) is 5.10 Å². The van der Waals surface area contributed by atoms with Gasteiger partial charge >= 0.3 is 0 Å². The van der Waals surface area contributed by atoms with Crippen LogP contribution in [0.1, 0.15) is 25.1 Å². The molecule has 1 saturated heterocycles. The quantitative estimate of drug-likeness (QED) is 0.796. The predicted molar refractivity (Wildman–Crippen MR) is 60.7 cm³/mol. The Morgan fingerprint density at radius 3 is 2.93 bits per heavy atom. The fourth-order valence-electron chi connectivity index (χ4n) is 2.36. The van der Waals surface area contributed by atoms with E-state index in [9.17, 15) is 0 Å². The zero-order valence-corrected chi connectivity index (χ0v) is 9.77. The summed E-state index contributed by atoms with van der Waals surface area (Å²) in [6, 6.07) is 3.23. The first-order valence-electron chi connectivity index (χ1n) is 5.61. The van der Waals surface area contributed by atoms with Crippen molar-refractivity contribution in [1.29, 1.82) is 0 Å². The van der Waals surface area contributed by atoms with Crippen molar-refractivity contribution in [1.82, 2.24) is 20.0 Å². The molecule has 0 saturated carbocycles. The Kier molecular flexibility index (Phi) is 3.07. The van der Waals surface area contributed by atoms with Crippen LogP contribution in [0.25, 0.3) is 0 Å². The van der Waals surface area contributed by atoms with Crippen molar-refractivity contribution in [2.45, 2.75) is 25.4 Å². The molecule has 2 heterocycles. The van der Waals surface area contributed by atoms with Gasteiger partial charge in [0.05, 0.1) is 5.69 Å². The van der Waals surface area contributed by atoms with Crippen LogP contribution in [0.15, 0.2) is 12.3 Å². The summed E-state index contributed by atoms with van der Waals surface area (Å²) in [7, 11) is 4.06.